The van der Waals surface area contributed by atoms with Crippen molar-refractivity contribution in [2.75, 3.05) is 13.1 Å². The van der Waals surface area contributed by atoms with Crippen molar-refractivity contribution in [1.82, 2.24) is 15.4 Å². The first kappa shape index (κ1) is 15.2. The lowest BCUT2D eigenvalue weighted by molar-refractivity contribution is 0.198. The van der Waals surface area contributed by atoms with Gasteiger partial charge in [0.1, 0.15) is 0 Å². The van der Waals surface area contributed by atoms with E-state index < -0.39 is 0 Å². The fourth-order valence-electron chi connectivity index (χ4n) is 1.86. The maximum atomic E-state index is 5.37. The van der Waals surface area contributed by atoms with Gasteiger partial charge in [-0.2, -0.15) is 0 Å². The molecule has 0 spiro atoms. The third kappa shape index (κ3) is 5.19. The van der Waals surface area contributed by atoms with Crippen LogP contribution in [-0.2, 0) is 13.1 Å². The van der Waals surface area contributed by atoms with Gasteiger partial charge in [-0.05, 0) is 32.9 Å². The van der Waals surface area contributed by atoms with Crippen LogP contribution in [-0.4, -0.2) is 29.2 Å². The van der Waals surface area contributed by atoms with Gasteiger partial charge in [-0.15, -0.1) is 0 Å². The molecule has 1 rings (SSSR count). The summed E-state index contributed by atoms with van der Waals surface area (Å²) in [6.45, 7) is 14.6. The van der Waals surface area contributed by atoms with Gasteiger partial charge in [0.25, 0.3) is 0 Å². The molecule has 0 fully saturated rings. The second-order valence-electron chi connectivity index (χ2n) is 5.47. The van der Waals surface area contributed by atoms with E-state index in [0.717, 1.165) is 37.6 Å². The van der Waals surface area contributed by atoms with Crippen molar-refractivity contribution in [2.45, 2.75) is 53.8 Å². The molecule has 1 N–H and O–H groups in total. The lowest BCUT2D eigenvalue weighted by Gasteiger charge is -2.22. The highest BCUT2D eigenvalue weighted by molar-refractivity contribution is 5.05. The minimum Gasteiger partial charge on any atom is -0.360 e. The smallest absolute Gasteiger partial charge is 0.151 e. The molecule has 0 saturated heterocycles. The molecule has 0 aliphatic heterocycles. The van der Waals surface area contributed by atoms with Gasteiger partial charge in [0, 0.05) is 18.7 Å². The van der Waals surface area contributed by atoms with Crippen molar-refractivity contribution >= 4 is 0 Å². The largest absolute Gasteiger partial charge is 0.360 e. The molecule has 1 aromatic rings. The average Bonchev–Trinajstić information content (AvgIpc) is 2.72. The molecule has 0 bridgehead atoms. The van der Waals surface area contributed by atoms with E-state index in [4.69, 9.17) is 4.52 Å². The molecule has 1 heterocycles. The summed E-state index contributed by atoms with van der Waals surface area (Å²) in [6, 6.07) is 2.58. The summed E-state index contributed by atoms with van der Waals surface area (Å²) < 4.78 is 5.37. The van der Waals surface area contributed by atoms with Crippen LogP contribution in [0.5, 0.6) is 0 Å². The number of aromatic nitrogens is 1. The molecule has 0 saturated carbocycles. The molecule has 18 heavy (non-hydrogen) atoms. The van der Waals surface area contributed by atoms with Crippen LogP contribution in [0.3, 0.4) is 0 Å². The van der Waals surface area contributed by atoms with Gasteiger partial charge in [0.2, 0.25) is 0 Å². The van der Waals surface area contributed by atoms with E-state index in [0.29, 0.717) is 12.0 Å². The van der Waals surface area contributed by atoms with E-state index in [1.807, 2.05) is 0 Å². The number of nitrogens with zero attached hydrogens (tertiary/aromatic N) is 2. The predicted octanol–water partition coefficient (Wildman–Crippen LogP) is 2.65. The zero-order chi connectivity index (χ0) is 13.5. The summed E-state index contributed by atoms with van der Waals surface area (Å²) in [7, 11) is 0. The van der Waals surface area contributed by atoms with E-state index in [1.165, 1.54) is 0 Å². The van der Waals surface area contributed by atoms with Crippen LogP contribution < -0.4 is 5.32 Å². The van der Waals surface area contributed by atoms with Gasteiger partial charge in [0.05, 0.1) is 12.2 Å². The molecule has 104 valence electrons. The van der Waals surface area contributed by atoms with E-state index in [9.17, 15) is 0 Å². The van der Waals surface area contributed by atoms with Crippen LogP contribution in [0.2, 0.25) is 0 Å². The summed E-state index contributed by atoms with van der Waals surface area (Å²) in [4.78, 5) is 2.35. The number of hydrogen-bond donors (Lipinski definition) is 1. The Morgan fingerprint density at radius 3 is 2.61 bits per heavy atom. The van der Waals surface area contributed by atoms with Crippen molar-refractivity contribution in [2.24, 2.45) is 5.92 Å². The minimum absolute atomic E-state index is 0.530. The third-order valence-electron chi connectivity index (χ3n) is 2.96. The normalized spacial score (nSPS) is 12.0. The summed E-state index contributed by atoms with van der Waals surface area (Å²) in [5, 5.41) is 7.46. The van der Waals surface area contributed by atoms with Crippen LogP contribution in [0.25, 0.3) is 0 Å². The number of rotatable bonds is 8. The highest BCUT2D eigenvalue weighted by atomic mass is 16.5. The Morgan fingerprint density at radius 2 is 2.06 bits per heavy atom. The van der Waals surface area contributed by atoms with E-state index in [2.05, 4.69) is 56.1 Å². The predicted molar refractivity (Wildman–Crippen MR) is 74.3 cm³/mol. The van der Waals surface area contributed by atoms with Crippen molar-refractivity contribution in [1.29, 1.82) is 0 Å². The quantitative estimate of drug-likeness (QED) is 0.773. The first-order valence-electron chi connectivity index (χ1n) is 6.92. The van der Waals surface area contributed by atoms with Crippen LogP contribution in [0.15, 0.2) is 10.6 Å². The summed E-state index contributed by atoms with van der Waals surface area (Å²) in [5.74, 6) is 1.61. The third-order valence-corrected chi connectivity index (χ3v) is 2.96. The van der Waals surface area contributed by atoms with Gasteiger partial charge in [-0.3, -0.25) is 4.90 Å². The first-order chi connectivity index (χ1) is 8.52. The first-order valence-corrected chi connectivity index (χ1v) is 6.92. The Hall–Kier alpha value is -0.870. The van der Waals surface area contributed by atoms with E-state index >= 15 is 0 Å². The van der Waals surface area contributed by atoms with E-state index in [1.54, 1.807) is 0 Å². The maximum absolute atomic E-state index is 5.37. The summed E-state index contributed by atoms with van der Waals surface area (Å²) in [6.07, 6.45) is 0. The van der Waals surface area contributed by atoms with Gasteiger partial charge in [-0.1, -0.05) is 25.9 Å². The molecule has 4 nitrogen and oxygen atoms in total. The number of nitrogens with one attached hydrogen (secondary N) is 1. The van der Waals surface area contributed by atoms with Gasteiger partial charge >= 0.3 is 0 Å². The Bertz CT molecular complexity index is 334. The summed E-state index contributed by atoms with van der Waals surface area (Å²) in [5.41, 5.74) is 0.991. The molecule has 0 unspecified atom stereocenters. The molecular formula is C14H27N3O. The highest BCUT2D eigenvalue weighted by Crippen LogP contribution is 2.09. The lowest BCUT2D eigenvalue weighted by atomic mass is 10.2. The van der Waals surface area contributed by atoms with Crippen molar-refractivity contribution < 1.29 is 4.52 Å². The SMILES string of the molecule is CCN(Cc1cc(CNCC(C)C)no1)C(C)C. The molecule has 0 aliphatic carbocycles. The van der Waals surface area contributed by atoms with Crippen molar-refractivity contribution in [3.63, 3.8) is 0 Å². The van der Waals surface area contributed by atoms with Gasteiger partial charge < -0.3 is 9.84 Å². The Labute approximate surface area is 111 Å². The fourth-order valence-corrected chi connectivity index (χ4v) is 1.86. The summed E-state index contributed by atoms with van der Waals surface area (Å²) >= 11 is 0. The molecule has 0 atom stereocenters. The molecular weight excluding hydrogens is 226 g/mol. The van der Waals surface area contributed by atoms with Crippen molar-refractivity contribution in [3.05, 3.63) is 17.5 Å². The van der Waals surface area contributed by atoms with Crippen LogP contribution >= 0.6 is 0 Å². The second kappa shape index (κ2) is 7.54. The van der Waals surface area contributed by atoms with Crippen LogP contribution in [0, 0.1) is 5.92 Å². The molecule has 0 aromatic carbocycles. The lowest BCUT2D eigenvalue weighted by Crippen LogP contribution is -2.29. The van der Waals surface area contributed by atoms with Gasteiger partial charge in [0.15, 0.2) is 5.76 Å². The van der Waals surface area contributed by atoms with Crippen LogP contribution in [0.4, 0.5) is 0 Å². The number of hydrogen-bond acceptors (Lipinski definition) is 4. The zero-order valence-electron chi connectivity index (χ0n) is 12.4. The highest BCUT2D eigenvalue weighted by Gasteiger charge is 2.11. The van der Waals surface area contributed by atoms with Crippen LogP contribution in [0.1, 0.15) is 46.1 Å². The average molecular weight is 253 g/mol. The minimum atomic E-state index is 0.530. The van der Waals surface area contributed by atoms with Gasteiger partial charge in [-0.25, -0.2) is 0 Å². The Balaban J connectivity index is 2.42. The van der Waals surface area contributed by atoms with E-state index in [-0.39, 0.29) is 0 Å². The topological polar surface area (TPSA) is 41.3 Å². The molecule has 0 aliphatic rings. The Kier molecular flexibility index (Phi) is 6.36. The van der Waals surface area contributed by atoms with Crippen molar-refractivity contribution in [3.8, 4) is 0 Å². The zero-order valence-corrected chi connectivity index (χ0v) is 12.4. The fraction of sp³-hybridized carbons (Fsp3) is 0.786. The molecule has 4 heteroatoms. The second-order valence-corrected chi connectivity index (χ2v) is 5.47. The molecule has 0 radical (unpaired) electrons. The molecule has 1 aromatic heterocycles. The monoisotopic (exact) mass is 253 g/mol. The molecule has 0 amide bonds. The maximum Gasteiger partial charge on any atom is 0.151 e. The Morgan fingerprint density at radius 1 is 1.33 bits per heavy atom. The standard InChI is InChI=1S/C14H27N3O/c1-6-17(12(4)5)10-14-7-13(16-18-14)9-15-8-11(2)3/h7,11-12,15H,6,8-10H2,1-5H3.